The summed E-state index contributed by atoms with van der Waals surface area (Å²) in [6.45, 7) is 9.07. The van der Waals surface area contributed by atoms with Gasteiger partial charge >= 0.3 is 6.09 Å². The minimum absolute atomic E-state index is 0.141. The van der Waals surface area contributed by atoms with Gasteiger partial charge < -0.3 is 24.4 Å². The number of thioether (sulfide) groups is 1. The number of carbonyl (C=O) groups is 2. The topological polar surface area (TPSA) is 102 Å². The molecule has 2 aliphatic rings. The second-order valence-corrected chi connectivity index (χ2v) is 11.3. The second-order valence-electron chi connectivity index (χ2n) is 10.4. The Kier molecular flexibility index (Phi) is 8.84. The van der Waals surface area contributed by atoms with Gasteiger partial charge in [-0.15, -0.1) is 0 Å². The van der Waals surface area contributed by atoms with Gasteiger partial charge in [0.1, 0.15) is 22.1 Å². The summed E-state index contributed by atoms with van der Waals surface area (Å²) in [6.07, 6.45) is 0.821. The molecule has 2 aromatic rings. The first kappa shape index (κ1) is 28.5. The molecule has 4 rings (SSSR count). The van der Waals surface area contributed by atoms with Crippen molar-refractivity contribution in [3.8, 4) is 11.5 Å². The van der Waals surface area contributed by atoms with E-state index >= 15 is 0 Å². The lowest BCUT2D eigenvalue weighted by atomic mass is 9.99. The molecule has 10 heteroatoms. The van der Waals surface area contributed by atoms with Crippen molar-refractivity contribution in [1.29, 1.82) is 0 Å². The van der Waals surface area contributed by atoms with Gasteiger partial charge in [0.2, 0.25) is 5.91 Å². The van der Waals surface area contributed by atoms with E-state index in [2.05, 4.69) is 5.32 Å². The standard InChI is InChI=1S/C29H36N4O5S/c1-6-37-22-12-10-21(11-13-22)30-24(34)19-39-26-25(20-8-7-9-23(18-20)36-5)31-29(32-26)14-16-33(17-15-29)27(35)38-28(2,3)4/h7-13,18H,6,14-17,19H2,1-5H3,(H,30,34). The van der Waals surface area contributed by atoms with Crippen molar-refractivity contribution in [3.63, 3.8) is 0 Å². The van der Waals surface area contributed by atoms with E-state index in [-0.39, 0.29) is 17.8 Å². The van der Waals surface area contributed by atoms with E-state index in [9.17, 15) is 9.59 Å². The van der Waals surface area contributed by atoms with Gasteiger partial charge in [-0.1, -0.05) is 23.9 Å². The number of amides is 2. The average molecular weight is 553 g/mol. The summed E-state index contributed by atoms with van der Waals surface area (Å²) in [7, 11) is 1.62. The van der Waals surface area contributed by atoms with Crippen molar-refractivity contribution in [2.75, 3.05) is 37.9 Å². The number of likely N-dealkylation sites (tertiary alicyclic amines) is 1. The van der Waals surface area contributed by atoms with Crippen LogP contribution in [0.3, 0.4) is 0 Å². The Hall–Kier alpha value is -3.53. The Bertz CT molecular complexity index is 1250. The number of benzene rings is 2. The maximum absolute atomic E-state index is 12.8. The molecule has 1 saturated heterocycles. The van der Waals surface area contributed by atoms with Crippen molar-refractivity contribution in [2.24, 2.45) is 9.98 Å². The van der Waals surface area contributed by atoms with Gasteiger partial charge in [0.15, 0.2) is 5.66 Å². The molecule has 2 aromatic carbocycles. The molecule has 0 bridgehead atoms. The van der Waals surface area contributed by atoms with Gasteiger partial charge in [-0.05, 0) is 64.1 Å². The van der Waals surface area contributed by atoms with Crippen molar-refractivity contribution in [3.05, 3.63) is 54.1 Å². The van der Waals surface area contributed by atoms with Crippen LogP contribution in [-0.4, -0.2) is 71.5 Å². The highest BCUT2D eigenvalue weighted by molar-refractivity contribution is 8.16. The number of hydrogen-bond donors (Lipinski definition) is 1. The molecular weight excluding hydrogens is 516 g/mol. The number of ether oxygens (including phenoxy) is 3. The SMILES string of the molecule is CCOc1ccc(NC(=O)CSC2=NC3(CCN(C(=O)OC(C)(C)C)CC3)N=C2c2cccc(OC)c2)cc1. The van der Waals surface area contributed by atoms with Gasteiger partial charge in [-0.3, -0.25) is 9.79 Å². The zero-order chi connectivity index (χ0) is 28.0. The fraction of sp³-hybridized carbons (Fsp3) is 0.448. The van der Waals surface area contributed by atoms with Gasteiger partial charge in [0, 0.05) is 37.2 Å². The number of nitrogens with one attached hydrogen (secondary N) is 1. The molecule has 1 spiro atoms. The van der Waals surface area contributed by atoms with Crippen LogP contribution in [0.2, 0.25) is 0 Å². The first-order valence-electron chi connectivity index (χ1n) is 13.1. The third-order valence-corrected chi connectivity index (χ3v) is 7.14. The molecule has 1 fully saturated rings. The van der Waals surface area contributed by atoms with E-state index in [1.165, 1.54) is 11.8 Å². The summed E-state index contributed by atoms with van der Waals surface area (Å²) in [5.41, 5.74) is 1.08. The lowest BCUT2D eigenvalue weighted by Gasteiger charge is -2.36. The molecule has 2 aliphatic heterocycles. The Morgan fingerprint density at radius 3 is 2.41 bits per heavy atom. The van der Waals surface area contributed by atoms with E-state index in [1.807, 2.05) is 76.2 Å². The van der Waals surface area contributed by atoms with Gasteiger partial charge in [0.25, 0.3) is 0 Å². The van der Waals surface area contributed by atoms with E-state index < -0.39 is 11.3 Å². The zero-order valence-corrected chi connectivity index (χ0v) is 24.0. The first-order valence-corrected chi connectivity index (χ1v) is 14.1. The highest BCUT2D eigenvalue weighted by Gasteiger charge is 2.41. The zero-order valence-electron chi connectivity index (χ0n) is 23.2. The maximum Gasteiger partial charge on any atom is 0.410 e. The van der Waals surface area contributed by atoms with E-state index in [4.69, 9.17) is 24.2 Å². The minimum atomic E-state index is -0.676. The van der Waals surface area contributed by atoms with Crippen LogP contribution in [0.4, 0.5) is 10.5 Å². The lowest BCUT2D eigenvalue weighted by molar-refractivity contribution is -0.113. The van der Waals surface area contributed by atoms with Crippen molar-refractivity contribution in [2.45, 2.75) is 51.8 Å². The third kappa shape index (κ3) is 7.53. The number of nitrogens with zero attached hydrogens (tertiary/aromatic N) is 3. The number of anilines is 1. The van der Waals surface area contributed by atoms with E-state index in [1.54, 1.807) is 12.0 Å². The monoisotopic (exact) mass is 552 g/mol. The van der Waals surface area contributed by atoms with Crippen LogP contribution in [0.15, 0.2) is 58.5 Å². The lowest BCUT2D eigenvalue weighted by Crippen LogP contribution is -2.46. The molecule has 0 radical (unpaired) electrons. The number of hydrogen-bond acceptors (Lipinski definition) is 8. The molecule has 2 amide bonds. The summed E-state index contributed by atoms with van der Waals surface area (Å²) in [5, 5.41) is 3.63. The summed E-state index contributed by atoms with van der Waals surface area (Å²) in [5.74, 6) is 1.51. The molecule has 0 saturated carbocycles. The summed E-state index contributed by atoms with van der Waals surface area (Å²) in [4.78, 5) is 37.2. The van der Waals surface area contributed by atoms with Crippen LogP contribution in [-0.2, 0) is 9.53 Å². The van der Waals surface area contributed by atoms with Gasteiger partial charge in [-0.2, -0.15) is 0 Å². The summed E-state index contributed by atoms with van der Waals surface area (Å²) < 4.78 is 16.4. The molecule has 0 atom stereocenters. The Morgan fingerprint density at radius 2 is 1.77 bits per heavy atom. The minimum Gasteiger partial charge on any atom is -0.497 e. The quantitative estimate of drug-likeness (QED) is 0.494. The molecule has 0 aromatic heterocycles. The molecule has 0 aliphatic carbocycles. The van der Waals surface area contributed by atoms with Gasteiger partial charge in [0.05, 0.1) is 25.2 Å². The van der Waals surface area contributed by atoms with E-state index in [0.717, 1.165) is 17.0 Å². The van der Waals surface area contributed by atoms with Crippen LogP contribution in [0.1, 0.15) is 46.1 Å². The largest absolute Gasteiger partial charge is 0.497 e. The molecule has 0 unspecified atom stereocenters. The van der Waals surface area contributed by atoms with Crippen LogP contribution in [0.25, 0.3) is 0 Å². The molecule has 208 valence electrons. The number of piperidine rings is 1. The highest BCUT2D eigenvalue weighted by Crippen LogP contribution is 2.36. The normalized spacial score (nSPS) is 16.4. The fourth-order valence-electron chi connectivity index (χ4n) is 4.31. The maximum atomic E-state index is 12.8. The Morgan fingerprint density at radius 1 is 1.05 bits per heavy atom. The average Bonchev–Trinajstić information content (AvgIpc) is 3.26. The van der Waals surface area contributed by atoms with Crippen molar-refractivity contribution >= 4 is 40.2 Å². The molecule has 2 heterocycles. The first-order chi connectivity index (χ1) is 18.6. The molecule has 39 heavy (non-hydrogen) atoms. The number of rotatable bonds is 7. The predicted octanol–water partition coefficient (Wildman–Crippen LogP) is 5.39. The third-order valence-electron chi connectivity index (χ3n) is 6.18. The highest BCUT2D eigenvalue weighted by atomic mass is 32.2. The second kappa shape index (κ2) is 12.1. The Balaban J connectivity index is 1.47. The van der Waals surface area contributed by atoms with Gasteiger partial charge in [-0.25, -0.2) is 9.79 Å². The molecule has 1 N–H and O–H groups in total. The van der Waals surface area contributed by atoms with Crippen LogP contribution in [0.5, 0.6) is 11.5 Å². The van der Waals surface area contributed by atoms with Crippen LogP contribution in [0, 0.1) is 0 Å². The predicted molar refractivity (Wildman–Crippen MR) is 155 cm³/mol. The molecular formula is C29H36N4O5S. The van der Waals surface area contributed by atoms with Crippen molar-refractivity contribution in [1.82, 2.24) is 4.90 Å². The smallest absolute Gasteiger partial charge is 0.410 e. The summed E-state index contributed by atoms with van der Waals surface area (Å²) in [6, 6.07) is 15.0. The van der Waals surface area contributed by atoms with Crippen LogP contribution >= 0.6 is 11.8 Å². The summed E-state index contributed by atoms with van der Waals surface area (Å²) >= 11 is 1.36. The number of aliphatic imine (C=N–C) groups is 2. The van der Waals surface area contributed by atoms with Crippen molar-refractivity contribution < 1.29 is 23.8 Å². The Labute approximate surface area is 234 Å². The molecule has 9 nitrogen and oxygen atoms in total. The number of methoxy groups -OCH3 is 1. The number of carbonyl (C=O) groups excluding carboxylic acids is 2. The fourth-order valence-corrected chi connectivity index (χ4v) is 5.19. The van der Waals surface area contributed by atoms with Crippen LogP contribution < -0.4 is 14.8 Å². The van der Waals surface area contributed by atoms with E-state index in [0.29, 0.717) is 49.0 Å².